The smallest absolute Gasteiger partial charge is 0.351 e. The fraction of sp³-hybridized carbons (Fsp3) is 0.692. The van der Waals surface area contributed by atoms with E-state index in [-0.39, 0.29) is 5.15 Å². The van der Waals surface area contributed by atoms with Crippen molar-refractivity contribution in [3.8, 4) is 0 Å². The second kappa shape index (κ2) is 6.57. The van der Waals surface area contributed by atoms with Crippen LogP contribution in [0.3, 0.4) is 0 Å². The topological polar surface area (TPSA) is 42.4 Å². The van der Waals surface area contributed by atoms with E-state index in [1.807, 2.05) is 0 Å². The highest BCUT2D eigenvalue weighted by Gasteiger charge is 2.24. The Labute approximate surface area is 122 Å². The van der Waals surface area contributed by atoms with Crippen LogP contribution in [0, 0.1) is 5.92 Å². The number of anilines is 1. The number of carbonyl (C=O) groups is 1. The highest BCUT2D eigenvalue weighted by atomic mass is 35.5. The molecule has 0 radical (unpaired) electrons. The highest BCUT2D eigenvalue weighted by Crippen LogP contribution is 2.33. The number of ether oxygens (including phenoxy) is 1. The fourth-order valence-electron chi connectivity index (χ4n) is 2.47. The van der Waals surface area contributed by atoms with E-state index in [0.29, 0.717) is 4.88 Å². The Bertz CT molecular complexity index is 442. The molecule has 4 nitrogen and oxygen atoms in total. The molecule has 1 aliphatic rings. The lowest BCUT2D eigenvalue weighted by molar-refractivity contribution is 0.0606. The van der Waals surface area contributed by atoms with Gasteiger partial charge in [0.1, 0.15) is 0 Å². The van der Waals surface area contributed by atoms with E-state index in [9.17, 15) is 4.79 Å². The van der Waals surface area contributed by atoms with Crippen molar-refractivity contribution >= 4 is 34.0 Å². The Balaban J connectivity index is 2.02. The number of halogens is 1. The van der Waals surface area contributed by atoms with Gasteiger partial charge in [0.2, 0.25) is 0 Å². The Hall–Kier alpha value is -0.810. The Morgan fingerprint density at radius 1 is 1.53 bits per heavy atom. The fourth-order valence-corrected chi connectivity index (χ4v) is 3.72. The normalized spacial score (nSPS) is 16.7. The highest BCUT2D eigenvalue weighted by molar-refractivity contribution is 7.18. The zero-order valence-corrected chi connectivity index (χ0v) is 12.9. The lowest BCUT2D eigenvalue weighted by Crippen LogP contribution is -2.33. The molecule has 1 saturated heterocycles. The van der Waals surface area contributed by atoms with Crippen molar-refractivity contribution in [2.75, 3.05) is 25.1 Å². The number of nitrogens with zero attached hydrogens (tertiary/aromatic N) is 2. The number of aromatic nitrogens is 1. The number of piperidine rings is 1. The molecule has 0 spiro atoms. The molecule has 1 aliphatic heterocycles. The number of thiazole rings is 1. The number of methoxy groups -OCH3 is 1. The molecule has 106 valence electrons. The quantitative estimate of drug-likeness (QED) is 0.797. The lowest BCUT2D eigenvalue weighted by Gasteiger charge is -2.31. The van der Waals surface area contributed by atoms with Crippen LogP contribution in [-0.2, 0) is 4.74 Å². The van der Waals surface area contributed by atoms with Crippen molar-refractivity contribution < 1.29 is 9.53 Å². The third kappa shape index (κ3) is 3.39. The summed E-state index contributed by atoms with van der Waals surface area (Å²) in [6, 6.07) is 0. The number of hydrogen-bond acceptors (Lipinski definition) is 5. The molecule has 0 amide bonds. The summed E-state index contributed by atoms with van der Waals surface area (Å²) >= 11 is 7.31. The van der Waals surface area contributed by atoms with Crippen LogP contribution in [-0.4, -0.2) is 31.2 Å². The van der Waals surface area contributed by atoms with E-state index in [4.69, 9.17) is 16.3 Å². The van der Waals surface area contributed by atoms with Gasteiger partial charge in [-0.3, -0.25) is 0 Å². The van der Waals surface area contributed by atoms with Gasteiger partial charge in [-0.2, -0.15) is 0 Å². The molecule has 0 N–H and O–H groups in total. The monoisotopic (exact) mass is 302 g/mol. The van der Waals surface area contributed by atoms with Crippen LogP contribution in [0.4, 0.5) is 5.13 Å². The molecule has 2 heterocycles. The molecular formula is C13H19ClN2O2S. The third-order valence-electron chi connectivity index (χ3n) is 3.53. The predicted molar refractivity (Wildman–Crippen MR) is 78.3 cm³/mol. The molecule has 0 atom stereocenters. The van der Waals surface area contributed by atoms with E-state index in [1.165, 1.54) is 44.1 Å². The van der Waals surface area contributed by atoms with E-state index >= 15 is 0 Å². The molecule has 0 aliphatic carbocycles. The van der Waals surface area contributed by atoms with Crippen LogP contribution >= 0.6 is 22.9 Å². The van der Waals surface area contributed by atoms with Gasteiger partial charge in [-0.05, 0) is 18.8 Å². The Kier molecular flexibility index (Phi) is 5.05. The first kappa shape index (κ1) is 14.6. The zero-order valence-electron chi connectivity index (χ0n) is 11.3. The van der Waals surface area contributed by atoms with Crippen molar-refractivity contribution in [2.24, 2.45) is 5.92 Å². The van der Waals surface area contributed by atoms with E-state index in [1.54, 1.807) is 0 Å². The minimum Gasteiger partial charge on any atom is -0.465 e. The van der Waals surface area contributed by atoms with Crippen molar-refractivity contribution in [1.82, 2.24) is 4.98 Å². The molecule has 1 fully saturated rings. The van der Waals surface area contributed by atoms with Crippen LogP contribution in [0.25, 0.3) is 0 Å². The van der Waals surface area contributed by atoms with Gasteiger partial charge >= 0.3 is 5.97 Å². The van der Waals surface area contributed by atoms with Gasteiger partial charge < -0.3 is 9.64 Å². The molecule has 0 bridgehead atoms. The number of carbonyl (C=O) groups excluding carboxylic acids is 1. The minimum atomic E-state index is -0.408. The predicted octanol–water partition coefficient (Wildman–Crippen LogP) is 3.60. The first-order valence-corrected chi connectivity index (χ1v) is 7.84. The van der Waals surface area contributed by atoms with Gasteiger partial charge in [0.05, 0.1) is 7.11 Å². The molecule has 19 heavy (non-hydrogen) atoms. The minimum absolute atomic E-state index is 0.252. The van der Waals surface area contributed by atoms with E-state index in [2.05, 4.69) is 16.8 Å². The van der Waals surface area contributed by atoms with E-state index < -0.39 is 5.97 Å². The first-order chi connectivity index (χ1) is 9.15. The third-order valence-corrected chi connectivity index (χ3v) is 5.01. The van der Waals surface area contributed by atoms with Crippen molar-refractivity contribution in [3.63, 3.8) is 0 Å². The van der Waals surface area contributed by atoms with Gasteiger partial charge in [-0.25, -0.2) is 9.78 Å². The summed E-state index contributed by atoms with van der Waals surface area (Å²) in [7, 11) is 1.36. The summed E-state index contributed by atoms with van der Waals surface area (Å²) in [4.78, 5) is 18.4. The van der Waals surface area contributed by atoms with Crippen molar-refractivity contribution in [3.05, 3.63) is 10.0 Å². The molecule has 6 heteroatoms. The van der Waals surface area contributed by atoms with Gasteiger partial charge in [-0.15, -0.1) is 0 Å². The SMILES string of the molecule is CCCC1CCN(c2nc(Cl)c(C(=O)OC)s2)CC1. The van der Waals surface area contributed by atoms with E-state index in [0.717, 1.165) is 24.1 Å². The molecule has 0 aromatic carbocycles. The molecule has 2 rings (SSSR count). The average molecular weight is 303 g/mol. The summed E-state index contributed by atoms with van der Waals surface area (Å²) < 4.78 is 4.70. The molecule has 0 saturated carbocycles. The average Bonchev–Trinajstić information content (AvgIpc) is 2.81. The van der Waals surface area contributed by atoms with Crippen molar-refractivity contribution in [1.29, 1.82) is 0 Å². The van der Waals surface area contributed by atoms with Gasteiger partial charge in [0.25, 0.3) is 0 Å². The van der Waals surface area contributed by atoms with Gasteiger partial charge in [-0.1, -0.05) is 42.7 Å². The van der Waals surface area contributed by atoms with Crippen LogP contribution in [0.15, 0.2) is 0 Å². The summed E-state index contributed by atoms with van der Waals surface area (Å²) in [6.45, 7) is 4.22. The standard InChI is InChI=1S/C13H19ClN2O2S/c1-3-4-9-5-7-16(8-6-9)13-15-11(14)10(19-13)12(17)18-2/h9H,3-8H2,1-2H3. The number of rotatable bonds is 4. The summed E-state index contributed by atoms with van der Waals surface area (Å²) in [5.41, 5.74) is 0. The lowest BCUT2D eigenvalue weighted by atomic mass is 9.93. The van der Waals surface area contributed by atoms with Gasteiger partial charge in [0, 0.05) is 13.1 Å². The molecule has 0 unspecified atom stereocenters. The number of esters is 1. The molecule has 1 aromatic heterocycles. The Morgan fingerprint density at radius 3 is 2.79 bits per heavy atom. The first-order valence-electron chi connectivity index (χ1n) is 6.65. The van der Waals surface area contributed by atoms with Crippen LogP contribution in [0.2, 0.25) is 5.15 Å². The summed E-state index contributed by atoms with van der Waals surface area (Å²) in [5, 5.41) is 1.09. The molecular weight excluding hydrogens is 284 g/mol. The maximum atomic E-state index is 11.5. The number of hydrogen-bond donors (Lipinski definition) is 0. The Morgan fingerprint density at radius 2 is 2.21 bits per heavy atom. The van der Waals surface area contributed by atoms with Crippen LogP contribution in [0.5, 0.6) is 0 Å². The summed E-state index contributed by atoms with van der Waals surface area (Å²) in [5.74, 6) is 0.423. The maximum Gasteiger partial charge on any atom is 0.351 e. The second-order valence-electron chi connectivity index (χ2n) is 4.83. The largest absolute Gasteiger partial charge is 0.465 e. The maximum absolute atomic E-state index is 11.5. The van der Waals surface area contributed by atoms with Crippen LogP contribution < -0.4 is 4.90 Å². The molecule has 1 aromatic rings. The zero-order chi connectivity index (χ0) is 13.8. The van der Waals surface area contributed by atoms with Gasteiger partial charge in [0.15, 0.2) is 15.2 Å². The van der Waals surface area contributed by atoms with Crippen LogP contribution in [0.1, 0.15) is 42.3 Å². The van der Waals surface area contributed by atoms with Crippen molar-refractivity contribution in [2.45, 2.75) is 32.6 Å². The second-order valence-corrected chi connectivity index (χ2v) is 6.16. The summed E-state index contributed by atoms with van der Waals surface area (Å²) in [6.07, 6.45) is 4.94.